The smallest absolute Gasteiger partial charge is 0.459 e. The van der Waals surface area contributed by atoms with Crippen LogP contribution >= 0.6 is 7.75 Å². The fraction of sp³-hybridized carbons (Fsp3) is 0.310. The number of carbonyl (C=O) groups is 1. The number of aliphatic hydroxyl groups excluding tert-OH is 1. The summed E-state index contributed by atoms with van der Waals surface area (Å²) >= 11 is 0. The summed E-state index contributed by atoms with van der Waals surface area (Å²) in [6, 6.07) is 18.3. The van der Waals surface area contributed by atoms with Gasteiger partial charge < -0.3 is 24.8 Å². The Labute approximate surface area is 249 Å². The number of allylic oxidation sites excluding steroid dienone is 2. The van der Waals surface area contributed by atoms with Gasteiger partial charge in [-0.1, -0.05) is 61.2 Å². The Morgan fingerprint density at radius 2 is 2.02 bits per heavy atom. The first-order valence-corrected chi connectivity index (χ1v) is 15.0. The first-order chi connectivity index (χ1) is 20.7. The molecule has 0 aromatic heterocycles. The average molecular weight is 609 g/mol. The zero-order chi connectivity index (χ0) is 30.9. The Bertz CT molecular complexity index is 1460. The molecule has 2 aromatic carbocycles. The van der Waals surface area contributed by atoms with E-state index in [1.807, 2.05) is 36.4 Å². The second-order valence-electron chi connectivity index (χ2n) is 9.47. The molecule has 0 spiro atoms. The fourth-order valence-corrected chi connectivity index (χ4v) is 6.02. The molecule has 43 heavy (non-hydrogen) atoms. The minimum Gasteiger partial charge on any atom is -0.465 e. The van der Waals surface area contributed by atoms with Gasteiger partial charge in [-0.2, -0.15) is 15.5 Å². The molecule has 1 unspecified atom stereocenters. The summed E-state index contributed by atoms with van der Waals surface area (Å²) in [6.45, 7) is 5.03. The number of ether oxygens (including phenoxy) is 2. The number of aliphatic hydroxyl groups is 1. The van der Waals surface area contributed by atoms with Gasteiger partial charge in [-0.05, 0) is 37.1 Å². The van der Waals surface area contributed by atoms with Crippen molar-refractivity contribution in [3.63, 3.8) is 0 Å². The van der Waals surface area contributed by atoms with Crippen molar-refractivity contribution in [2.45, 2.75) is 43.7 Å². The molecule has 0 bridgehead atoms. The van der Waals surface area contributed by atoms with Crippen molar-refractivity contribution in [1.82, 2.24) is 10.1 Å². The molecule has 0 radical (unpaired) electrons. The van der Waals surface area contributed by atoms with Gasteiger partial charge in [0.2, 0.25) is 0 Å². The highest BCUT2D eigenvalue weighted by atomic mass is 31.2. The summed E-state index contributed by atoms with van der Waals surface area (Å²) in [5.41, 5.74) is 4.96. The fourth-order valence-electron chi connectivity index (χ4n) is 4.50. The Morgan fingerprint density at radius 1 is 1.33 bits per heavy atom. The summed E-state index contributed by atoms with van der Waals surface area (Å²) in [6.07, 6.45) is 1.75. The largest absolute Gasteiger partial charge is 0.465 e. The molecule has 226 valence electrons. The molecule has 13 nitrogen and oxygen atoms in total. The predicted molar refractivity (Wildman–Crippen MR) is 158 cm³/mol. The SMILES string of the molecule is C=C/C=C1/C(N)=NC=NN1[C@]1(C#N)O[C@H](COP(=O)(N[C@@H](Cc2ccccc2)C(=O)OCC)Oc2ccccc2)C[C@H]1O. The zero-order valence-corrected chi connectivity index (χ0v) is 24.4. The Morgan fingerprint density at radius 3 is 2.67 bits per heavy atom. The first kappa shape index (κ1) is 31.6. The highest BCUT2D eigenvalue weighted by Crippen LogP contribution is 2.47. The van der Waals surface area contributed by atoms with E-state index in [9.17, 15) is 19.7 Å². The predicted octanol–water partition coefficient (Wildman–Crippen LogP) is 3.01. The maximum absolute atomic E-state index is 14.2. The normalized spacial score (nSPS) is 24.4. The van der Waals surface area contributed by atoms with E-state index in [0.29, 0.717) is 0 Å². The molecule has 1 saturated heterocycles. The second-order valence-corrected chi connectivity index (χ2v) is 11.2. The van der Waals surface area contributed by atoms with Gasteiger partial charge in [-0.3, -0.25) is 9.32 Å². The lowest BCUT2D eigenvalue weighted by molar-refractivity contribution is -0.145. The van der Waals surface area contributed by atoms with Crippen molar-refractivity contribution < 1.29 is 33.0 Å². The quantitative estimate of drug-likeness (QED) is 0.225. The number of aliphatic imine (C=N–C) groups is 1. The molecule has 0 amide bonds. The topological polar surface area (TPSA) is 181 Å². The number of nitrogens with zero attached hydrogens (tertiary/aromatic N) is 4. The van der Waals surface area contributed by atoms with Gasteiger partial charge in [0, 0.05) is 6.42 Å². The Hall–Kier alpha value is -4.31. The van der Waals surface area contributed by atoms with Gasteiger partial charge >= 0.3 is 13.7 Å². The summed E-state index contributed by atoms with van der Waals surface area (Å²) in [5, 5.41) is 29.1. The van der Waals surface area contributed by atoms with Crippen molar-refractivity contribution >= 4 is 25.9 Å². The van der Waals surface area contributed by atoms with Crippen LogP contribution in [0.3, 0.4) is 0 Å². The summed E-state index contributed by atoms with van der Waals surface area (Å²) in [4.78, 5) is 16.9. The molecule has 2 heterocycles. The summed E-state index contributed by atoms with van der Waals surface area (Å²) in [5.74, 6) is -0.393. The molecule has 2 aliphatic heterocycles. The van der Waals surface area contributed by atoms with Crippen LogP contribution in [0, 0.1) is 11.3 Å². The third-order valence-corrected chi connectivity index (χ3v) is 8.02. The van der Waals surface area contributed by atoms with Crippen LogP contribution in [0.5, 0.6) is 5.75 Å². The van der Waals surface area contributed by atoms with Gasteiger partial charge in [0.05, 0.1) is 19.3 Å². The van der Waals surface area contributed by atoms with Crippen LogP contribution in [-0.2, 0) is 29.8 Å². The molecule has 4 rings (SSSR count). The van der Waals surface area contributed by atoms with Gasteiger partial charge in [0.25, 0.3) is 5.72 Å². The molecule has 14 heteroatoms. The van der Waals surface area contributed by atoms with E-state index in [4.69, 9.17) is 24.3 Å². The number of carbonyl (C=O) groups excluding carboxylic acids is 1. The molecule has 2 aliphatic rings. The van der Waals surface area contributed by atoms with E-state index in [2.05, 4.69) is 21.8 Å². The van der Waals surface area contributed by atoms with E-state index in [-0.39, 0.29) is 43.3 Å². The molecule has 4 N–H and O–H groups in total. The first-order valence-electron chi connectivity index (χ1n) is 13.5. The summed E-state index contributed by atoms with van der Waals surface area (Å²) < 4.78 is 37.0. The van der Waals surface area contributed by atoms with E-state index < -0.39 is 37.7 Å². The van der Waals surface area contributed by atoms with Crippen LogP contribution in [0.2, 0.25) is 0 Å². The maximum atomic E-state index is 14.2. The average Bonchev–Trinajstić information content (AvgIpc) is 3.34. The van der Waals surface area contributed by atoms with E-state index in [1.165, 1.54) is 12.2 Å². The highest BCUT2D eigenvalue weighted by Gasteiger charge is 2.55. The molecule has 0 saturated carbocycles. The number of amidine groups is 1. The molecular weight excluding hydrogens is 575 g/mol. The number of hydrazone groups is 1. The highest BCUT2D eigenvalue weighted by molar-refractivity contribution is 7.52. The number of para-hydroxylation sites is 1. The minimum absolute atomic E-state index is 0.0356. The number of nitrogens with one attached hydrogen (secondary N) is 1. The van der Waals surface area contributed by atoms with Gasteiger partial charge in [-0.15, -0.1) is 0 Å². The zero-order valence-electron chi connectivity index (χ0n) is 23.5. The van der Waals surface area contributed by atoms with Crippen LogP contribution in [0.25, 0.3) is 0 Å². The van der Waals surface area contributed by atoms with Crippen molar-refractivity contribution in [1.29, 1.82) is 5.26 Å². The third kappa shape index (κ3) is 7.56. The van der Waals surface area contributed by atoms with Gasteiger partial charge in [-0.25, -0.2) is 14.6 Å². The van der Waals surface area contributed by atoms with E-state index >= 15 is 0 Å². The molecule has 2 aromatic rings. The molecular formula is C29H33N6O7P. The van der Waals surface area contributed by atoms with E-state index in [0.717, 1.165) is 16.9 Å². The molecule has 5 atom stereocenters. The van der Waals surface area contributed by atoms with Gasteiger partial charge in [0.15, 0.2) is 5.84 Å². The third-order valence-electron chi connectivity index (χ3n) is 6.46. The monoisotopic (exact) mass is 608 g/mol. The van der Waals surface area contributed by atoms with Crippen molar-refractivity contribution in [2.75, 3.05) is 13.2 Å². The van der Waals surface area contributed by atoms with Crippen molar-refractivity contribution in [3.05, 3.63) is 90.7 Å². The molecule has 1 fully saturated rings. The Balaban J connectivity index is 1.57. The van der Waals surface area contributed by atoms with Crippen LogP contribution in [0.1, 0.15) is 18.9 Å². The van der Waals surface area contributed by atoms with Crippen molar-refractivity contribution in [3.8, 4) is 11.8 Å². The second kappa shape index (κ2) is 14.2. The number of nitriles is 1. The number of hydrogen-bond donors (Lipinski definition) is 3. The Kier molecular flexibility index (Phi) is 10.5. The lowest BCUT2D eigenvalue weighted by Gasteiger charge is -2.36. The van der Waals surface area contributed by atoms with Crippen LogP contribution in [-0.4, -0.2) is 65.4 Å². The number of hydrogen-bond acceptors (Lipinski definition) is 12. The lowest BCUT2D eigenvalue weighted by Crippen LogP contribution is -2.54. The number of esters is 1. The van der Waals surface area contributed by atoms with Gasteiger partial charge in [0.1, 0.15) is 36.0 Å². The number of nitrogens with two attached hydrogens (primary N) is 1. The standard InChI is InChI=1S/C29H33N6O7P/c1-3-11-25-27(31)32-20-33-35(25)29(19-30)26(36)17-23(41-29)18-40-43(38,42-22-14-9-6-10-15-22)34-24(28(37)39-4-2)16-21-12-7-5-8-13-21/h3,5-15,20,23-24,26,36H,1,4,16-18H2,2H3,(H,34,38)(H2,31,32,33)/b25-11-/t23-,24-,26+,29+,43?/m0/s1. The van der Waals surface area contributed by atoms with Crippen molar-refractivity contribution in [2.24, 2.45) is 15.8 Å². The summed E-state index contributed by atoms with van der Waals surface area (Å²) in [7, 11) is -4.30. The van der Waals surface area contributed by atoms with Crippen LogP contribution < -0.4 is 15.3 Å². The minimum atomic E-state index is -4.30. The molecule has 0 aliphatic carbocycles. The van der Waals surface area contributed by atoms with Crippen LogP contribution in [0.4, 0.5) is 0 Å². The lowest BCUT2D eigenvalue weighted by atomic mass is 10.1. The number of rotatable bonds is 13. The number of benzene rings is 2. The maximum Gasteiger partial charge on any atom is 0.459 e. The van der Waals surface area contributed by atoms with Crippen LogP contribution in [0.15, 0.2) is 95.2 Å². The van der Waals surface area contributed by atoms with E-state index in [1.54, 1.807) is 37.3 Å².